The largest absolute Gasteiger partial charge is 0.347 e. The highest BCUT2D eigenvalue weighted by atomic mass is 16.7. The summed E-state index contributed by atoms with van der Waals surface area (Å²) < 4.78 is 12.5. The molecule has 5 rings (SSSR count). The molecular weight excluding hydrogens is 326 g/mol. The summed E-state index contributed by atoms with van der Waals surface area (Å²) in [6.07, 6.45) is 9.31. The number of carbonyl (C=O) groups is 1. The zero-order valence-corrected chi connectivity index (χ0v) is 16.8. The van der Waals surface area contributed by atoms with E-state index in [9.17, 15) is 4.79 Å². The van der Waals surface area contributed by atoms with Crippen LogP contribution in [-0.2, 0) is 14.3 Å². The third-order valence-electron chi connectivity index (χ3n) is 9.66. The van der Waals surface area contributed by atoms with Crippen molar-refractivity contribution in [2.75, 3.05) is 26.8 Å². The van der Waals surface area contributed by atoms with Crippen molar-refractivity contribution in [2.24, 2.45) is 34.5 Å². The van der Waals surface area contributed by atoms with E-state index < -0.39 is 0 Å². The Hall–Kier alpha value is -0.610. The Labute approximate surface area is 158 Å². The van der Waals surface area contributed by atoms with Crippen LogP contribution in [-0.4, -0.2) is 43.4 Å². The van der Waals surface area contributed by atoms with Gasteiger partial charge in [-0.05, 0) is 67.6 Å². The number of carbonyl (C=O) groups excluding carboxylic acids is 1. The van der Waals surface area contributed by atoms with E-state index in [0.29, 0.717) is 17.2 Å². The Balaban J connectivity index is 1.45. The summed E-state index contributed by atoms with van der Waals surface area (Å²) in [4.78, 5) is 14.4. The molecule has 0 N–H and O–H groups in total. The number of rotatable bonds is 0. The molecule has 0 bridgehead atoms. The van der Waals surface area contributed by atoms with Crippen molar-refractivity contribution < 1.29 is 14.3 Å². The van der Waals surface area contributed by atoms with Gasteiger partial charge in [-0.3, -0.25) is 4.79 Å². The Morgan fingerprint density at radius 1 is 0.962 bits per heavy atom. The topological polar surface area (TPSA) is 38.8 Å². The molecule has 26 heavy (non-hydrogen) atoms. The van der Waals surface area contributed by atoms with E-state index in [4.69, 9.17) is 9.47 Å². The number of ether oxygens (including phenoxy) is 2. The fraction of sp³-hybridized carbons (Fsp3) is 0.955. The number of hydrogen-bond donors (Lipinski definition) is 0. The fourth-order valence-corrected chi connectivity index (χ4v) is 8.11. The molecule has 0 aromatic carbocycles. The first kappa shape index (κ1) is 17.5. The molecule has 2 heterocycles. The van der Waals surface area contributed by atoms with Crippen molar-refractivity contribution in [3.8, 4) is 0 Å². The van der Waals surface area contributed by atoms with Gasteiger partial charge in [-0.15, -0.1) is 0 Å². The van der Waals surface area contributed by atoms with Gasteiger partial charge in [-0.25, -0.2) is 0 Å². The third kappa shape index (κ3) is 2.12. The zero-order valence-electron chi connectivity index (χ0n) is 16.8. The zero-order chi connectivity index (χ0) is 18.2. The highest BCUT2D eigenvalue weighted by molar-refractivity contribution is 5.76. The van der Waals surface area contributed by atoms with Gasteiger partial charge in [0, 0.05) is 31.8 Å². The molecule has 0 aromatic rings. The molecule has 2 saturated heterocycles. The maximum atomic E-state index is 12.4. The summed E-state index contributed by atoms with van der Waals surface area (Å²) in [5.74, 6) is 3.04. The van der Waals surface area contributed by atoms with Gasteiger partial charge in [0.25, 0.3) is 0 Å². The van der Waals surface area contributed by atoms with Crippen molar-refractivity contribution in [1.82, 2.24) is 4.90 Å². The van der Waals surface area contributed by atoms with Crippen molar-refractivity contribution in [1.29, 1.82) is 0 Å². The highest BCUT2D eigenvalue weighted by Gasteiger charge is 2.67. The van der Waals surface area contributed by atoms with E-state index in [1.165, 1.54) is 32.1 Å². The molecule has 0 aromatic heterocycles. The van der Waals surface area contributed by atoms with Gasteiger partial charge in [0.05, 0.1) is 13.2 Å². The predicted octanol–water partition coefficient (Wildman–Crippen LogP) is 3.84. The molecule has 4 heteroatoms. The second-order valence-electron chi connectivity index (χ2n) is 10.4. The van der Waals surface area contributed by atoms with Crippen molar-refractivity contribution >= 4 is 5.91 Å². The second kappa shape index (κ2) is 5.70. The van der Waals surface area contributed by atoms with Gasteiger partial charge in [-0.1, -0.05) is 13.8 Å². The summed E-state index contributed by atoms with van der Waals surface area (Å²) in [7, 11) is 2.01. The van der Waals surface area contributed by atoms with Crippen LogP contribution in [0, 0.1) is 34.5 Å². The van der Waals surface area contributed by atoms with E-state index in [0.717, 1.165) is 56.8 Å². The van der Waals surface area contributed by atoms with Gasteiger partial charge in [0.15, 0.2) is 5.79 Å². The van der Waals surface area contributed by atoms with Crippen LogP contribution in [0.3, 0.4) is 0 Å². The molecule has 4 nitrogen and oxygen atoms in total. The van der Waals surface area contributed by atoms with Crippen LogP contribution >= 0.6 is 0 Å². The van der Waals surface area contributed by atoms with Crippen LogP contribution in [0.1, 0.15) is 65.2 Å². The highest BCUT2D eigenvalue weighted by Crippen LogP contribution is 2.68. The van der Waals surface area contributed by atoms with Gasteiger partial charge < -0.3 is 14.4 Å². The number of fused-ring (bicyclic) bond motifs is 6. The van der Waals surface area contributed by atoms with Gasteiger partial charge in [-0.2, -0.15) is 0 Å². The van der Waals surface area contributed by atoms with E-state index in [1.807, 2.05) is 11.9 Å². The van der Waals surface area contributed by atoms with Crippen LogP contribution in [0.15, 0.2) is 0 Å². The fourth-order valence-electron chi connectivity index (χ4n) is 8.11. The van der Waals surface area contributed by atoms with Crippen LogP contribution in [0.4, 0.5) is 0 Å². The lowest BCUT2D eigenvalue weighted by molar-refractivity contribution is -0.246. The van der Waals surface area contributed by atoms with Gasteiger partial charge >= 0.3 is 0 Å². The maximum Gasteiger partial charge on any atom is 0.222 e. The molecule has 5 aliphatic rings. The molecule has 3 aliphatic carbocycles. The Morgan fingerprint density at radius 2 is 1.69 bits per heavy atom. The molecule has 146 valence electrons. The SMILES string of the molecule is CN1C[C@@H]2CC[C@@H]3[C@H](CC[C@@]4(C)[C@H]3CCC43OCCO3)[C@@]2(C)CCC1=O. The molecular formula is C22H35NO3. The van der Waals surface area contributed by atoms with E-state index in [-0.39, 0.29) is 11.2 Å². The Bertz CT molecular complexity index is 600. The summed E-state index contributed by atoms with van der Waals surface area (Å²) in [5.41, 5.74) is 0.517. The predicted molar refractivity (Wildman–Crippen MR) is 99.4 cm³/mol. The normalized spacial score (nSPS) is 50.3. The molecule has 0 unspecified atom stereocenters. The number of likely N-dealkylation sites (tertiary alicyclic amines) is 1. The first-order valence-electron chi connectivity index (χ1n) is 10.9. The number of nitrogens with zero attached hydrogens (tertiary/aromatic N) is 1. The monoisotopic (exact) mass is 361 g/mol. The average Bonchev–Trinajstić information content (AvgIpc) is 3.19. The Morgan fingerprint density at radius 3 is 2.46 bits per heavy atom. The minimum Gasteiger partial charge on any atom is -0.347 e. The van der Waals surface area contributed by atoms with Crippen LogP contribution in [0.2, 0.25) is 0 Å². The number of amides is 1. The molecule has 2 aliphatic heterocycles. The van der Waals surface area contributed by atoms with Crippen molar-refractivity contribution in [2.45, 2.75) is 71.0 Å². The average molecular weight is 362 g/mol. The molecule has 3 saturated carbocycles. The summed E-state index contributed by atoms with van der Waals surface area (Å²) in [6.45, 7) is 7.49. The third-order valence-corrected chi connectivity index (χ3v) is 9.66. The van der Waals surface area contributed by atoms with E-state index in [1.54, 1.807) is 0 Å². The molecule has 1 spiro atoms. The Kier molecular flexibility index (Phi) is 3.83. The number of hydrogen-bond acceptors (Lipinski definition) is 3. The first-order chi connectivity index (χ1) is 12.4. The van der Waals surface area contributed by atoms with Crippen molar-refractivity contribution in [3.63, 3.8) is 0 Å². The lowest BCUT2D eigenvalue weighted by Crippen LogP contribution is -2.56. The minimum atomic E-state index is -0.292. The summed E-state index contributed by atoms with van der Waals surface area (Å²) in [6, 6.07) is 0. The van der Waals surface area contributed by atoms with Gasteiger partial charge in [0.1, 0.15) is 0 Å². The minimum absolute atomic E-state index is 0.186. The molecule has 0 radical (unpaired) electrons. The molecule has 5 fully saturated rings. The van der Waals surface area contributed by atoms with Gasteiger partial charge in [0.2, 0.25) is 5.91 Å². The van der Waals surface area contributed by atoms with Crippen LogP contribution in [0.25, 0.3) is 0 Å². The van der Waals surface area contributed by atoms with E-state index >= 15 is 0 Å². The lowest BCUT2D eigenvalue weighted by Gasteiger charge is -2.59. The maximum absolute atomic E-state index is 12.4. The second-order valence-corrected chi connectivity index (χ2v) is 10.4. The molecule has 1 amide bonds. The van der Waals surface area contributed by atoms with Crippen molar-refractivity contribution in [3.05, 3.63) is 0 Å². The van der Waals surface area contributed by atoms with E-state index in [2.05, 4.69) is 13.8 Å². The summed E-state index contributed by atoms with van der Waals surface area (Å²) in [5, 5.41) is 0. The summed E-state index contributed by atoms with van der Waals surface area (Å²) >= 11 is 0. The molecule has 6 atom stereocenters. The standard InChI is InChI=1S/C22H35NO3/c1-20-9-8-19(24)23(3)14-15(20)4-5-16-17(20)6-10-21(2)18(16)7-11-22(21)25-12-13-26-22/h15-18H,4-14H2,1-3H3/t15-,16+,17-,18-,20-,21-/m0/s1. The lowest BCUT2D eigenvalue weighted by atomic mass is 9.46. The smallest absolute Gasteiger partial charge is 0.222 e. The first-order valence-corrected chi connectivity index (χ1v) is 10.9. The quantitative estimate of drug-likeness (QED) is 0.658. The van der Waals surface area contributed by atoms with Crippen LogP contribution < -0.4 is 0 Å². The van der Waals surface area contributed by atoms with Crippen LogP contribution in [0.5, 0.6) is 0 Å².